The highest BCUT2D eigenvalue weighted by Crippen LogP contribution is 2.22. The Morgan fingerprint density at radius 1 is 1.45 bits per heavy atom. The van der Waals surface area contributed by atoms with E-state index < -0.39 is 11.4 Å². The molecular weight excluding hydrogens is 342 g/mol. The Kier molecular flexibility index (Phi) is 6.36. The predicted molar refractivity (Wildman–Crippen MR) is 83.8 cm³/mol. The summed E-state index contributed by atoms with van der Waals surface area (Å²) in [6.45, 7) is 6.15. The number of halogens is 1. The zero-order chi connectivity index (χ0) is 15.3. The van der Waals surface area contributed by atoms with Crippen molar-refractivity contribution in [2.45, 2.75) is 27.3 Å². The van der Waals surface area contributed by atoms with Gasteiger partial charge in [-0.25, -0.2) is 0 Å². The van der Waals surface area contributed by atoms with Crippen molar-refractivity contribution >= 4 is 39.0 Å². The molecule has 1 heterocycles. The number of carbonyl (C=O) groups is 2. The van der Waals surface area contributed by atoms with Crippen LogP contribution < -0.4 is 0 Å². The Hall–Kier alpha value is -0.720. The van der Waals surface area contributed by atoms with Gasteiger partial charge in [-0.3, -0.25) is 14.5 Å². The van der Waals surface area contributed by atoms with Crippen LogP contribution in [0.1, 0.15) is 25.6 Å². The van der Waals surface area contributed by atoms with Crippen molar-refractivity contribution in [3.8, 4) is 0 Å². The van der Waals surface area contributed by atoms with E-state index in [1.54, 1.807) is 32.1 Å². The molecule has 0 bridgehead atoms. The number of nitrogens with zero attached hydrogens (tertiary/aromatic N) is 1. The fourth-order valence-electron chi connectivity index (χ4n) is 1.63. The fourth-order valence-corrected chi connectivity index (χ4v) is 3.16. The molecule has 0 saturated heterocycles. The minimum absolute atomic E-state index is 0.130. The molecule has 0 aliphatic heterocycles. The van der Waals surface area contributed by atoms with Crippen molar-refractivity contribution < 1.29 is 14.3 Å². The third kappa shape index (κ3) is 4.68. The van der Waals surface area contributed by atoms with Crippen molar-refractivity contribution in [3.63, 3.8) is 0 Å². The van der Waals surface area contributed by atoms with Gasteiger partial charge < -0.3 is 4.74 Å². The molecule has 0 unspecified atom stereocenters. The number of likely N-dealkylation sites (N-methyl/N-ethyl adjacent to an activating group) is 1. The molecular formula is C14H20BrNO3S. The van der Waals surface area contributed by atoms with Gasteiger partial charge in [-0.2, -0.15) is 0 Å². The van der Waals surface area contributed by atoms with E-state index in [2.05, 4.69) is 15.9 Å². The highest BCUT2D eigenvalue weighted by atomic mass is 79.9. The van der Waals surface area contributed by atoms with Crippen molar-refractivity contribution in [3.05, 3.63) is 20.8 Å². The maximum atomic E-state index is 12.2. The predicted octanol–water partition coefficient (Wildman–Crippen LogP) is 3.10. The topological polar surface area (TPSA) is 46.6 Å². The second-order valence-corrected chi connectivity index (χ2v) is 7.08. The van der Waals surface area contributed by atoms with E-state index in [-0.39, 0.29) is 18.9 Å². The third-order valence-corrected chi connectivity index (χ3v) is 4.63. The second-order valence-electron chi connectivity index (χ2n) is 5.17. The molecule has 0 atom stereocenters. The first-order valence-electron chi connectivity index (χ1n) is 6.39. The average Bonchev–Trinajstić information content (AvgIpc) is 2.74. The van der Waals surface area contributed by atoms with Crippen LogP contribution in [0.3, 0.4) is 0 Å². The number of rotatable bonds is 7. The van der Waals surface area contributed by atoms with Crippen LogP contribution in [0.2, 0.25) is 0 Å². The maximum absolute atomic E-state index is 12.2. The first-order valence-corrected chi connectivity index (χ1v) is 8.06. The number of Topliss-reactive ketones (excluding diaryl/α,β-unsaturated/α-hetero) is 1. The monoisotopic (exact) mass is 361 g/mol. The molecule has 0 radical (unpaired) electrons. The summed E-state index contributed by atoms with van der Waals surface area (Å²) in [7, 11) is 1.87. The normalized spacial score (nSPS) is 11.7. The standard InChI is InChI=1S/C14H20BrNO3S/c1-5-19-13(18)14(2,3)12(17)8-16(4)7-11-6-10(15)9-20-11/h6,9H,5,7-8H2,1-4H3. The van der Waals surface area contributed by atoms with Crippen LogP contribution in [0.4, 0.5) is 0 Å². The lowest BCUT2D eigenvalue weighted by molar-refractivity contribution is -0.158. The number of hydrogen-bond donors (Lipinski definition) is 0. The zero-order valence-electron chi connectivity index (χ0n) is 12.2. The third-order valence-electron chi connectivity index (χ3n) is 2.94. The molecule has 1 aromatic rings. The Morgan fingerprint density at radius 2 is 2.10 bits per heavy atom. The molecule has 4 nitrogen and oxygen atoms in total. The molecule has 0 fully saturated rings. The van der Waals surface area contributed by atoms with Crippen LogP contribution in [0, 0.1) is 5.41 Å². The van der Waals surface area contributed by atoms with Crippen molar-refractivity contribution in [2.24, 2.45) is 5.41 Å². The van der Waals surface area contributed by atoms with Gasteiger partial charge in [-0.1, -0.05) is 0 Å². The van der Waals surface area contributed by atoms with Crippen LogP contribution in [0.25, 0.3) is 0 Å². The van der Waals surface area contributed by atoms with Crippen molar-refractivity contribution in [1.82, 2.24) is 4.90 Å². The average molecular weight is 362 g/mol. The quantitative estimate of drug-likeness (QED) is 0.552. The minimum atomic E-state index is -1.10. The van der Waals surface area contributed by atoms with E-state index in [0.29, 0.717) is 6.54 Å². The van der Waals surface area contributed by atoms with Crippen molar-refractivity contribution in [1.29, 1.82) is 0 Å². The molecule has 0 N–H and O–H groups in total. The number of ketones is 1. The van der Waals surface area contributed by atoms with Crippen LogP contribution in [-0.2, 0) is 20.9 Å². The molecule has 0 aliphatic carbocycles. The van der Waals surface area contributed by atoms with Gasteiger partial charge in [0.2, 0.25) is 0 Å². The van der Waals surface area contributed by atoms with Crippen LogP contribution in [0.15, 0.2) is 15.9 Å². The van der Waals surface area contributed by atoms with E-state index in [1.807, 2.05) is 23.4 Å². The molecule has 0 aliphatic rings. The minimum Gasteiger partial charge on any atom is -0.465 e. The highest BCUT2D eigenvalue weighted by molar-refractivity contribution is 9.10. The largest absolute Gasteiger partial charge is 0.465 e. The van der Waals surface area contributed by atoms with Gasteiger partial charge in [-0.05, 0) is 49.8 Å². The number of carbonyl (C=O) groups excluding carboxylic acids is 2. The summed E-state index contributed by atoms with van der Waals surface area (Å²) in [6, 6.07) is 2.03. The number of ether oxygens (including phenoxy) is 1. The Balaban J connectivity index is 2.58. The first-order chi connectivity index (χ1) is 9.27. The fraction of sp³-hybridized carbons (Fsp3) is 0.571. The lowest BCUT2D eigenvalue weighted by Gasteiger charge is -2.24. The lowest BCUT2D eigenvalue weighted by Crippen LogP contribution is -2.41. The molecule has 112 valence electrons. The Bertz CT molecular complexity index is 485. The second kappa shape index (κ2) is 7.33. The first kappa shape index (κ1) is 17.3. The van der Waals surface area contributed by atoms with Crippen molar-refractivity contribution in [2.75, 3.05) is 20.2 Å². The maximum Gasteiger partial charge on any atom is 0.319 e. The molecule has 0 saturated carbocycles. The van der Waals surface area contributed by atoms with Gasteiger partial charge in [0.05, 0.1) is 13.2 Å². The number of thiophene rings is 1. The molecule has 1 aromatic heterocycles. The summed E-state index contributed by atoms with van der Waals surface area (Å²) in [5, 5.41) is 2.01. The van der Waals surface area contributed by atoms with Gasteiger partial charge in [0, 0.05) is 21.3 Å². The lowest BCUT2D eigenvalue weighted by atomic mass is 9.88. The zero-order valence-corrected chi connectivity index (χ0v) is 14.6. The van der Waals surface area contributed by atoms with E-state index in [0.717, 1.165) is 4.47 Å². The number of hydrogen-bond acceptors (Lipinski definition) is 5. The van der Waals surface area contributed by atoms with Crippen LogP contribution in [0.5, 0.6) is 0 Å². The molecule has 0 amide bonds. The summed E-state index contributed by atoms with van der Waals surface area (Å²) in [6.07, 6.45) is 0. The van der Waals surface area contributed by atoms with E-state index in [1.165, 1.54) is 4.88 Å². The Morgan fingerprint density at radius 3 is 2.60 bits per heavy atom. The van der Waals surface area contributed by atoms with Gasteiger partial charge in [0.15, 0.2) is 5.78 Å². The summed E-state index contributed by atoms with van der Waals surface area (Å²) in [5.74, 6) is -0.591. The van der Waals surface area contributed by atoms with E-state index >= 15 is 0 Å². The SMILES string of the molecule is CCOC(=O)C(C)(C)C(=O)CN(C)Cc1cc(Br)cs1. The van der Waals surface area contributed by atoms with Crippen LogP contribution >= 0.6 is 27.3 Å². The van der Waals surface area contributed by atoms with Gasteiger partial charge in [0.25, 0.3) is 0 Å². The van der Waals surface area contributed by atoms with Gasteiger partial charge in [-0.15, -0.1) is 11.3 Å². The summed E-state index contributed by atoms with van der Waals surface area (Å²) < 4.78 is 5.99. The highest BCUT2D eigenvalue weighted by Gasteiger charge is 2.37. The van der Waals surface area contributed by atoms with Gasteiger partial charge >= 0.3 is 5.97 Å². The van der Waals surface area contributed by atoms with E-state index in [9.17, 15) is 9.59 Å². The summed E-state index contributed by atoms with van der Waals surface area (Å²) in [4.78, 5) is 27.1. The molecule has 1 rings (SSSR count). The molecule has 20 heavy (non-hydrogen) atoms. The summed E-state index contributed by atoms with van der Waals surface area (Å²) >= 11 is 5.04. The van der Waals surface area contributed by atoms with E-state index in [4.69, 9.17) is 4.74 Å². The number of esters is 1. The summed E-state index contributed by atoms with van der Waals surface area (Å²) in [5.41, 5.74) is -1.10. The Labute approximate surface area is 132 Å². The van der Waals surface area contributed by atoms with Gasteiger partial charge in [0.1, 0.15) is 5.41 Å². The smallest absolute Gasteiger partial charge is 0.319 e. The molecule has 6 heteroatoms. The molecule has 0 spiro atoms. The molecule has 0 aromatic carbocycles. The van der Waals surface area contributed by atoms with Crippen LogP contribution in [-0.4, -0.2) is 36.9 Å².